The van der Waals surface area contributed by atoms with Crippen molar-refractivity contribution in [2.24, 2.45) is 5.41 Å². The maximum Gasteiger partial charge on any atom is 0.254 e. The van der Waals surface area contributed by atoms with Crippen molar-refractivity contribution in [2.45, 2.75) is 65.5 Å². The molecule has 2 saturated heterocycles. The van der Waals surface area contributed by atoms with E-state index in [0.29, 0.717) is 19.0 Å². The molecule has 0 radical (unpaired) electrons. The van der Waals surface area contributed by atoms with Gasteiger partial charge in [0.1, 0.15) is 0 Å². The Morgan fingerprint density at radius 1 is 1.20 bits per heavy atom. The maximum atomic E-state index is 13.0. The Hall–Kier alpha value is -1.84. The molecule has 0 saturated carbocycles. The molecule has 1 aromatic carbocycles. The van der Waals surface area contributed by atoms with Crippen LogP contribution in [-0.4, -0.2) is 40.7 Å². The number of carbonyl (C=O) groups excluding carboxylic acids is 2. The number of likely N-dealkylation sites (tertiary alicyclic amines) is 2. The van der Waals surface area contributed by atoms with Gasteiger partial charge in [-0.25, -0.2) is 0 Å². The van der Waals surface area contributed by atoms with Crippen LogP contribution < -0.4 is 0 Å². The van der Waals surface area contributed by atoms with Gasteiger partial charge < -0.3 is 9.80 Å². The van der Waals surface area contributed by atoms with Gasteiger partial charge in [-0.2, -0.15) is 0 Å². The molecule has 4 heteroatoms. The largest absolute Gasteiger partial charge is 0.338 e. The second-order valence-electron chi connectivity index (χ2n) is 8.68. The van der Waals surface area contributed by atoms with Crippen molar-refractivity contribution in [1.29, 1.82) is 0 Å². The molecule has 25 heavy (non-hydrogen) atoms. The maximum absolute atomic E-state index is 13.0. The van der Waals surface area contributed by atoms with E-state index in [1.165, 1.54) is 0 Å². The summed E-state index contributed by atoms with van der Waals surface area (Å²) in [6, 6.07) is 8.18. The lowest BCUT2D eigenvalue weighted by atomic mass is 9.87. The lowest BCUT2D eigenvalue weighted by Crippen LogP contribution is -2.37. The van der Waals surface area contributed by atoms with Gasteiger partial charge in [-0.05, 0) is 48.8 Å². The van der Waals surface area contributed by atoms with E-state index in [0.717, 1.165) is 49.9 Å². The number of hydrogen-bond acceptors (Lipinski definition) is 2. The standard InChI is InChI=1S/C21H30N2O2/c1-21(2,3)14-18-9-5-12-23(18)20(25)17-8-4-7-16(13-17)15-22-11-6-10-19(22)24/h4,7-8,13,18H,5-6,9-12,14-15H2,1-3H3/t18-/m1/s1. The summed E-state index contributed by atoms with van der Waals surface area (Å²) in [5.41, 5.74) is 2.03. The molecule has 0 aliphatic carbocycles. The zero-order valence-electron chi connectivity index (χ0n) is 15.8. The highest BCUT2D eigenvalue weighted by molar-refractivity contribution is 5.94. The highest BCUT2D eigenvalue weighted by Gasteiger charge is 2.32. The Morgan fingerprint density at radius 3 is 2.68 bits per heavy atom. The highest BCUT2D eigenvalue weighted by Crippen LogP contribution is 2.31. The van der Waals surface area contributed by atoms with Crippen LogP contribution in [0.1, 0.15) is 68.8 Å². The number of rotatable bonds is 4. The number of nitrogens with zero attached hydrogens (tertiary/aromatic N) is 2. The molecule has 4 nitrogen and oxygen atoms in total. The van der Waals surface area contributed by atoms with Crippen LogP contribution in [0.4, 0.5) is 0 Å². The molecule has 0 unspecified atom stereocenters. The fourth-order valence-electron chi connectivity index (χ4n) is 4.08. The van der Waals surface area contributed by atoms with Crippen LogP contribution in [0.15, 0.2) is 24.3 Å². The zero-order chi connectivity index (χ0) is 18.0. The van der Waals surface area contributed by atoms with Crippen LogP contribution in [0.5, 0.6) is 0 Å². The SMILES string of the molecule is CC(C)(C)C[C@H]1CCCN1C(=O)c1cccc(CN2CCCC2=O)c1. The Labute approximate surface area is 151 Å². The molecule has 0 aromatic heterocycles. The van der Waals surface area contributed by atoms with Gasteiger partial charge in [-0.3, -0.25) is 9.59 Å². The Morgan fingerprint density at radius 2 is 2.00 bits per heavy atom. The Kier molecular flexibility index (Phi) is 5.16. The average Bonchev–Trinajstić information content (AvgIpc) is 3.15. The fourth-order valence-corrected chi connectivity index (χ4v) is 4.08. The molecule has 1 aromatic rings. The highest BCUT2D eigenvalue weighted by atomic mass is 16.2. The molecule has 136 valence electrons. The predicted molar refractivity (Wildman–Crippen MR) is 99.2 cm³/mol. The van der Waals surface area contributed by atoms with Gasteiger partial charge >= 0.3 is 0 Å². The third-order valence-corrected chi connectivity index (χ3v) is 5.20. The molecule has 2 amide bonds. The summed E-state index contributed by atoms with van der Waals surface area (Å²) in [5, 5.41) is 0. The van der Waals surface area contributed by atoms with E-state index in [1.54, 1.807) is 0 Å². The first kappa shape index (κ1) is 18.0. The van der Waals surface area contributed by atoms with Crippen LogP contribution in [0.25, 0.3) is 0 Å². The molecular weight excluding hydrogens is 312 g/mol. The lowest BCUT2D eigenvalue weighted by molar-refractivity contribution is -0.128. The van der Waals surface area contributed by atoms with Crippen molar-refractivity contribution in [3.63, 3.8) is 0 Å². The van der Waals surface area contributed by atoms with Gasteiger partial charge in [-0.1, -0.05) is 32.9 Å². The quantitative estimate of drug-likeness (QED) is 0.834. The van der Waals surface area contributed by atoms with E-state index < -0.39 is 0 Å². The summed E-state index contributed by atoms with van der Waals surface area (Å²) in [7, 11) is 0. The second-order valence-corrected chi connectivity index (χ2v) is 8.68. The number of carbonyl (C=O) groups is 2. The van der Waals surface area contributed by atoms with E-state index in [9.17, 15) is 9.59 Å². The summed E-state index contributed by atoms with van der Waals surface area (Å²) in [6.07, 6.45) is 4.83. The minimum Gasteiger partial charge on any atom is -0.338 e. The molecule has 1 atom stereocenters. The monoisotopic (exact) mass is 342 g/mol. The van der Waals surface area contributed by atoms with Crippen LogP contribution in [0.3, 0.4) is 0 Å². The lowest BCUT2D eigenvalue weighted by Gasteiger charge is -2.30. The van der Waals surface area contributed by atoms with Gasteiger partial charge in [0, 0.05) is 37.7 Å². The van der Waals surface area contributed by atoms with Crippen molar-refractivity contribution in [3.05, 3.63) is 35.4 Å². The molecule has 0 N–H and O–H groups in total. The molecule has 2 heterocycles. The molecule has 2 aliphatic rings. The van der Waals surface area contributed by atoms with Crippen molar-refractivity contribution in [1.82, 2.24) is 9.80 Å². The summed E-state index contributed by atoms with van der Waals surface area (Å²) in [5.74, 6) is 0.364. The average molecular weight is 342 g/mol. The van der Waals surface area contributed by atoms with E-state index in [2.05, 4.69) is 25.7 Å². The summed E-state index contributed by atoms with van der Waals surface area (Å²) >= 11 is 0. The smallest absolute Gasteiger partial charge is 0.254 e. The summed E-state index contributed by atoms with van der Waals surface area (Å²) in [6.45, 7) is 9.02. The molecule has 2 aliphatic heterocycles. The predicted octanol–water partition coefficient (Wildman–Crippen LogP) is 3.85. The van der Waals surface area contributed by atoms with Gasteiger partial charge in [0.25, 0.3) is 5.91 Å². The van der Waals surface area contributed by atoms with E-state index in [1.807, 2.05) is 29.2 Å². The minimum atomic E-state index is 0.140. The van der Waals surface area contributed by atoms with E-state index >= 15 is 0 Å². The topological polar surface area (TPSA) is 40.6 Å². The Balaban J connectivity index is 1.71. The first-order valence-corrected chi connectivity index (χ1v) is 9.51. The molecule has 2 fully saturated rings. The van der Waals surface area contributed by atoms with Gasteiger partial charge in [0.05, 0.1) is 0 Å². The van der Waals surface area contributed by atoms with Crippen LogP contribution in [0, 0.1) is 5.41 Å². The fraction of sp³-hybridized carbons (Fsp3) is 0.619. The van der Waals surface area contributed by atoms with Crippen molar-refractivity contribution >= 4 is 11.8 Å². The first-order chi connectivity index (χ1) is 11.8. The van der Waals surface area contributed by atoms with Crippen molar-refractivity contribution < 1.29 is 9.59 Å². The van der Waals surface area contributed by atoms with Gasteiger partial charge in [0.15, 0.2) is 0 Å². The van der Waals surface area contributed by atoms with Gasteiger partial charge in [0.2, 0.25) is 5.91 Å². The second kappa shape index (κ2) is 7.19. The molecular formula is C21H30N2O2. The summed E-state index contributed by atoms with van der Waals surface area (Å²) in [4.78, 5) is 28.8. The number of amides is 2. The summed E-state index contributed by atoms with van der Waals surface area (Å²) < 4.78 is 0. The minimum absolute atomic E-state index is 0.140. The van der Waals surface area contributed by atoms with Crippen LogP contribution >= 0.6 is 0 Å². The zero-order valence-corrected chi connectivity index (χ0v) is 15.8. The first-order valence-electron chi connectivity index (χ1n) is 9.51. The molecule has 0 spiro atoms. The third kappa shape index (κ3) is 4.42. The van der Waals surface area contributed by atoms with Crippen LogP contribution in [-0.2, 0) is 11.3 Å². The Bertz CT molecular complexity index is 648. The number of benzene rings is 1. The normalized spacial score (nSPS) is 21.2. The third-order valence-electron chi connectivity index (χ3n) is 5.20. The van der Waals surface area contributed by atoms with Crippen LogP contribution in [0.2, 0.25) is 0 Å². The molecule has 0 bridgehead atoms. The number of hydrogen-bond donors (Lipinski definition) is 0. The van der Waals surface area contributed by atoms with Crippen molar-refractivity contribution in [2.75, 3.05) is 13.1 Å². The van der Waals surface area contributed by atoms with Gasteiger partial charge in [-0.15, -0.1) is 0 Å². The van der Waals surface area contributed by atoms with Crippen molar-refractivity contribution in [3.8, 4) is 0 Å². The van der Waals surface area contributed by atoms with E-state index in [-0.39, 0.29) is 17.2 Å². The van der Waals surface area contributed by atoms with E-state index in [4.69, 9.17) is 0 Å². The molecule has 3 rings (SSSR count).